The van der Waals surface area contributed by atoms with Crippen LogP contribution >= 0.6 is 0 Å². The van der Waals surface area contributed by atoms with Crippen molar-refractivity contribution in [3.05, 3.63) is 0 Å². The molecule has 1 rings (SSSR count). The number of carbonyl (C=O) groups is 2. The molecule has 0 radical (unpaired) electrons. The number of carboxylic acid groups (broad SMARTS) is 1. The first-order valence-electron chi connectivity index (χ1n) is 6.28. The predicted molar refractivity (Wildman–Crippen MR) is 70.5 cm³/mol. The zero-order valence-corrected chi connectivity index (χ0v) is 11.9. The van der Waals surface area contributed by atoms with E-state index in [4.69, 9.17) is 11.2 Å². The number of terminal acetylenes is 1. The van der Waals surface area contributed by atoms with E-state index in [1.54, 1.807) is 27.7 Å². The zero-order chi connectivity index (χ0) is 14.8. The van der Waals surface area contributed by atoms with Crippen molar-refractivity contribution in [1.82, 2.24) is 4.90 Å². The molecule has 1 amide bonds. The van der Waals surface area contributed by atoms with E-state index in [-0.39, 0.29) is 6.54 Å². The van der Waals surface area contributed by atoms with Crippen molar-refractivity contribution in [1.29, 1.82) is 0 Å². The maximum absolute atomic E-state index is 12.1. The van der Waals surface area contributed by atoms with E-state index in [0.29, 0.717) is 12.8 Å². The van der Waals surface area contributed by atoms with Gasteiger partial charge < -0.3 is 9.84 Å². The predicted octanol–water partition coefficient (Wildman–Crippen LogP) is 2.11. The first-order chi connectivity index (χ1) is 8.59. The molecule has 0 aromatic carbocycles. The highest BCUT2D eigenvalue weighted by Gasteiger charge is 2.44. The fourth-order valence-corrected chi connectivity index (χ4v) is 2.04. The number of piperidine rings is 1. The quantitative estimate of drug-likeness (QED) is 0.739. The fraction of sp³-hybridized carbons (Fsp3) is 0.714. The van der Waals surface area contributed by atoms with Crippen LogP contribution < -0.4 is 0 Å². The summed E-state index contributed by atoms with van der Waals surface area (Å²) in [6.45, 7) is 6.98. The number of nitrogens with zero attached hydrogens (tertiary/aromatic N) is 1. The highest BCUT2D eigenvalue weighted by Crippen LogP contribution is 2.33. The average Bonchev–Trinajstić information content (AvgIpc) is 2.26. The molecule has 0 unspecified atom stereocenters. The molecule has 19 heavy (non-hydrogen) atoms. The van der Waals surface area contributed by atoms with Crippen molar-refractivity contribution >= 4 is 12.1 Å². The summed E-state index contributed by atoms with van der Waals surface area (Å²) in [6, 6.07) is -0.401. The van der Waals surface area contributed by atoms with Crippen LogP contribution in [0.2, 0.25) is 0 Å². The van der Waals surface area contributed by atoms with Gasteiger partial charge in [-0.1, -0.05) is 5.92 Å². The van der Waals surface area contributed by atoms with Gasteiger partial charge in [0.15, 0.2) is 0 Å². The molecule has 1 heterocycles. The second-order valence-corrected chi connectivity index (χ2v) is 6.20. The van der Waals surface area contributed by atoms with Gasteiger partial charge in [-0.25, -0.2) is 4.79 Å². The summed E-state index contributed by atoms with van der Waals surface area (Å²) in [5.74, 6) is 1.61. The van der Waals surface area contributed by atoms with E-state index in [1.165, 1.54) is 4.90 Å². The Bertz CT molecular complexity index is 418. The Kier molecular flexibility index (Phi) is 4.14. The lowest BCUT2D eigenvalue weighted by molar-refractivity contribution is -0.151. The number of amides is 1. The van der Waals surface area contributed by atoms with Gasteiger partial charge in [0.25, 0.3) is 0 Å². The largest absolute Gasteiger partial charge is 0.481 e. The molecule has 5 heteroatoms. The lowest BCUT2D eigenvalue weighted by atomic mass is 9.79. The molecule has 0 saturated carbocycles. The third kappa shape index (κ3) is 3.63. The Morgan fingerprint density at radius 1 is 1.47 bits per heavy atom. The van der Waals surface area contributed by atoms with Crippen molar-refractivity contribution in [2.24, 2.45) is 5.41 Å². The van der Waals surface area contributed by atoms with Gasteiger partial charge in [0.05, 0.1) is 11.5 Å². The van der Waals surface area contributed by atoms with Crippen molar-refractivity contribution in [3.8, 4) is 12.3 Å². The van der Waals surface area contributed by atoms with Gasteiger partial charge >= 0.3 is 12.1 Å². The lowest BCUT2D eigenvalue weighted by Crippen LogP contribution is -2.53. The van der Waals surface area contributed by atoms with E-state index in [1.807, 2.05) is 0 Å². The Morgan fingerprint density at radius 2 is 2.05 bits per heavy atom. The van der Waals surface area contributed by atoms with Crippen LogP contribution in [0.4, 0.5) is 4.79 Å². The number of carbonyl (C=O) groups excluding carboxylic acids is 1. The fourth-order valence-electron chi connectivity index (χ4n) is 2.04. The van der Waals surface area contributed by atoms with Gasteiger partial charge in [-0.2, -0.15) is 0 Å². The Hall–Kier alpha value is -1.70. The second kappa shape index (κ2) is 5.12. The number of likely N-dealkylation sites (tertiary alicyclic amines) is 1. The number of hydrogen-bond donors (Lipinski definition) is 1. The minimum absolute atomic E-state index is 0.0755. The summed E-state index contributed by atoms with van der Waals surface area (Å²) in [5, 5.41) is 9.26. The molecule has 1 aliphatic heterocycles. The maximum atomic E-state index is 12.1. The molecule has 0 bridgehead atoms. The molecule has 106 valence electrons. The smallest absolute Gasteiger partial charge is 0.411 e. The van der Waals surface area contributed by atoms with E-state index in [0.717, 1.165) is 0 Å². The number of aliphatic carboxylic acids is 1. The second-order valence-electron chi connectivity index (χ2n) is 6.20. The van der Waals surface area contributed by atoms with Crippen LogP contribution in [0.3, 0.4) is 0 Å². The van der Waals surface area contributed by atoms with Crippen LogP contribution in [-0.2, 0) is 9.53 Å². The van der Waals surface area contributed by atoms with Gasteiger partial charge in [0.2, 0.25) is 0 Å². The Labute approximate surface area is 113 Å². The molecule has 1 saturated heterocycles. The van der Waals surface area contributed by atoms with Crippen LogP contribution in [0.1, 0.15) is 40.5 Å². The summed E-state index contributed by atoms with van der Waals surface area (Å²) < 4.78 is 5.28. The normalized spacial score (nSPS) is 27.5. The van der Waals surface area contributed by atoms with Gasteiger partial charge in [-0.05, 0) is 40.5 Å². The van der Waals surface area contributed by atoms with E-state index in [9.17, 15) is 14.7 Å². The first kappa shape index (κ1) is 15.4. The van der Waals surface area contributed by atoms with Crippen molar-refractivity contribution < 1.29 is 19.4 Å². The molecule has 1 N–H and O–H groups in total. The molecule has 2 atom stereocenters. The number of rotatable bonds is 1. The average molecular weight is 267 g/mol. The third-order valence-corrected chi connectivity index (χ3v) is 3.20. The topological polar surface area (TPSA) is 66.8 Å². The molecule has 1 fully saturated rings. The highest BCUT2D eigenvalue weighted by atomic mass is 16.6. The van der Waals surface area contributed by atoms with Crippen LogP contribution in [0.15, 0.2) is 0 Å². The van der Waals surface area contributed by atoms with Gasteiger partial charge in [-0.3, -0.25) is 9.69 Å². The standard InChI is InChI=1S/C14H21NO4/c1-6-10-7-8-14(5,11(16)17)9-15(10)12(18)19-13(2,3)4/h1,10H,7-9H2,2-5H3,(H,16,17)/t10-,14+/m0/s1. The van der Waals surface area contributed by atoms with Gasteiger partial charge in [-0.15, -0.1) is 6.42 Å². The lowest BCUT2D eigenvalue weighted by Gasteiger charge is -2.41. The SMILES string of the molecule is C#C[C@H]1CC[C@@](C)(C(=O)O)CN1C(=O)OC(C)(C)C. The van der Waals surface area contributed by atoms with Crippen LogP contribution in [-0.4, -0.2) is 40.3 Å². The van der Waals surface area contributed by atoms with Crippen molar-refractivity contribution in [3.63, 3.8) is 0 Å². The van der Waals surface area contributed by atoms with Crippen LogP contribution in [0.5, 0.6) is 0 Å². The van der Waals surface area contributed by atoms with E-state index in [2.05, 4.69) is 5.92 Å². The van der Waals surface area contributed by atoms with Gasteiger partial charge in [0.1, 0.15) is 5.60 Å². The van der Waals surface area contributed by atoms with Crippen LogP contribution in [0, 0.1) is 17.8 Å². The molecule has 0 spiro atoms. The third-order valence-electron chi connectivity index (χ3n) is 3.20. The number of hydrogen-bond acceptors (Lipinski definition) is 3. The number of carboxylic acids is 1. The summed E-state index contributed by atoms with van der Waals surface area (Å²) in [6.07, 6.45) is 5.79. The van der Waals surface area contributed by atoms with Crippen molar-refractivity contribution in [2.75, 3.05) is 6.54 Å². The Balaban J connectivity index is 2.91. The summed E-state index contributed by atoms with van der Waals surface area (Å²) in [5.41, 5.74) is -1.60. The minimum atomic E-state index is -0.968. The molecule has 0 aliphatic carbocycles. The van der Waals surface area contributed by atoms with E-state index >= 15 is 0 Å². The molecular formula is C14H21NO4. The number of ether oxygens (including phenoxy) is 1. The summed E-state index contributed by atoms with van der Waals surface area (Å²) in [7, 11) is 0. The highest BCUT2D eigenvalue weighted by molar-refractivity contribution is 5.77. The maximum Gasteiger partial charge on any atom is 0.411 e. The van der Waals surface area contributed by atoms with E-state index < -0.39 is 29.1 Å². The first-order valence-corrected chi connectivity index (χ1v) is 6.28. The molecular weight excluding hydrogens is 246 g/mol. The van der Waals surface area contributed by atoms with Crippen molar-refractivity contribution in [2.45, 2.75) is 52.2 Å². The van der Waals surface area contributed by atoms with Crippen LogP contribution in [0.25, 0.3) is 0 Å². The molecule has 0 aromatic rings. The summed E-state index contributed by atoms with van der Waals surface area (Å²) >= 11 is 0. The van der Waals surface area contributed by atoms with Gasteiger partial charge in [0, 0.05) is 6.54 Å². The molecule has 5 nitrogen and oxygen atoms in total. The molecule has 1 aliphatic rings. The Morgan fingerprint density at radius 3 is 2.47 bits per heavy atom. The summed E-state index contributed by atoms with van der Waals surface area (Å²) in [4.78, 5) is 24.8. The molecule has 0 aromatic heterocycles. The zero-order valence-electron chi connectivity index (χ0n) is 11.9. The minimum Gasteiger partial charge on any atom is -0.481 e. The monoisotopic (exact) mass is 267 g/mol.